The van der Waals surface area contributed by atoms with E-state index in [1.54, 1.807) is 12.1 Å². The van der Waals surface area contributed by atoms with Crippen LogP contribution in [0.5, 0.6) is 0 Å². The lowest BCUT2D eigenvalue weighted by Crippen LogP contribution is -2.42. The van der Waals surface area contributed by atoms with Gasteiger partial charge in [0.2, 0.25) is 11.9 Å². The Morgan fingerprint density at radius 3 is 2.70 bits per heavy atom. The van der Waals surface area contributed by atoms with Crippen molar-refractivity contribution in [3.63, 3.8) is 0 Å². The fourth-order valence-corrected chi connectivity index (χ4v) is 3.20. The molecule has 6 nitrogen and oxygen atoms in total. The summed E-state index contributed by atoms with van der Waals surface area (Å²) in [5.74, 6) is 0.325. The molecular weight excluding hydrogens is 292 g/mol. The van der Waals surface area contributed by atoms with Gasteiger partial charge in [0.1, 0.15) is 0 Å². The molecule has 2 N–H and O–H groups in total. The number of para-hydroxylation sites is 1. The number of fused-ring (bicyclic) bond motifs is 1. The van der Waals surface area contributed by atoms with Crippen molar-refractivity contribution in [2.24, 2.45) is 5.41 Å². The summed E-state index contributed by atoms with van der Waals surface area (Å²) in [7, 11) is 0. The topological polar surface area (TPSA) is 76.0 Å². The molecule has 2 aromatic rings. The Balaban J connectivity index is 1.88. The van der Waals surface area contributed by atoms with Gasteiger partial charge in [0.15, 0.2) is 0 Å². The van der Waals surface area contributed by atoms with E-state index in [2.05, 4.69) is 15.8 Å². The van der Waals surface area contributed by atoms with Gasteiger partial charge in [0.05, 0.1) is 10.9 Å². The molecule has 1 fully saturated rings. The maximum absolute atomic E-state index is 12.5. The highest BCUT2D eigenvalue weighted by atomic mass is 16.2. The quantitative estimate of drug-likeness (QED) is 0.850. The minimum absolute atomic E-state index is 0.0416. The van der Waals surface area contributed by atoms with Gasteiger partial charge in [-0.15, -0.1) is 0 Å². The maximum atomic E-state index is 12.5. The third-order valence-electron chi connectivity index (χ3n) is 4.72. The number of hydrazine groups is 1. The van der Waals surface area contributed by atoms with Gasteiger partial charge in [-0.2, -0.15) is 0 Å². The van der Waals surface area contributed by atoms with E-state index in [9.17, 15) is 9.59 Å². The van der Waals surface area contributed by atoms with Gasteiger partial charge in [-0.3, -0.25) is 25.0 Å². The Kier molecular flexibility index (Phi) is 4.07. The Morgan fingerprint density at radius 1 is 1.30 bits per heavy atom. The second-order valence-corrected chi connectivity index (χ2v) is 6.35. The molecule has 3 rings (SSSR count). The molecule has 0 bridgehead atoms. The van der Waals surface area contributed by atoms with Gasteiger partial charge < -0.3 is 0 Å². The largest absolute Gasteiger partial charge is 0.277 e. The highest BCUT2D eigenvalue weighted by Gasteiger charge is 2.36. The van der Waals surface area contributed by atoms with Crippen molar-refractivity contribution >= 4 is 22.8 Å². The fourth-order valence-electron chi connectivity index (χ4n) is 3.20. The van der Waals surface area contributed by atoms with Crippen LogP contribution in [-0.4, -0.2) is 15.5 Å². The van der Waals surface area contributed by atoms with Gasteiger partial charge in [0.25, 0.3) is 5.56 Å². The summed E-state index contributed by atoms with van der Waals surface area (Å²) in [6, 6.07) is 7.22. The highest BCUT2D eigenvalue weighted by molar-refractivity contribution is 5.84. The van der Waals surface area contributed by atoms with Crippen LogP contribution in [0.4, 0.5) is 5.95 Å². The average molecular weight is 314 g/mol. The number of nitrogens with one attached hydrogen (secondary N) is 2. The second-order valence-electron chi connectivity index (χ2n) is 6.35. The first-order valence-corrected chi connectivity index (χ1v) is 8.11. The van der Waals surface area contributed by atoms with Crippen LogP contribution in [0.1, 0.15) is 39.5 Å². The number of nitrogens with zero attached hydrogens (tertiary/aromatic N) is 2. The van der Waals surface area contributed by atoms with Crippen LogP contribution in [0.2, 0.25) is 0 Å². The molecule has 0 atom stereocenters. The molecule has 1 heterocycles. The number of aromatic nitrogens is 2. The van der Waals surface area contributed by atoms with E-state index in [1.807, 2.05) is 26.0 Å². The molecule has 0 aliphatic heterocycles. The van der Waals surface area contributed by atoms with E-state index < -0.39 is 0 Å². The number of benzene rings is 1. The van der Waals surface area contributed by atoms with Crippen molar-refractivity contribution in [2.45, 2.75) is 46.1 Å². The van der Waals surface area contributed by atoms with Crippen molar-refractivity contribution in [1.29, 1.82) is 0 Å². The van der Waals surface area contributed by atoms with Crippen LogP contribution in [0, 0.1) is 5.41 Å². The third-order valence-corrected chi connectivity index (χ3v) is 4.72. The van der Waals surface area contributed by atoms with E-state index in [-0.39, 0.29) is 16.9 Å². The number of carbonyl (C=O) groups excluding carboxylic acids is 1. The highest BCUT2D eigenvalue weighted by Crippen LogP contribution is 2.37. The van der Waals surface area contributed by atoms with Crippen molar-refractivity contribution in [2.75, 3.05) is 5.43 Å². The summed E-state index contributed by atoms with van der Waals surface area (Å²) in [5, 5.41) is 0.578. The predicted octanol–water partition coefficient (Wildman–Crippen LogP) is 2.44. The van der Waals surface area contributed by atoms with Crippen LogP contribution in [0.15, 0.2) is 29.1 Å². The van der Waals surface area contributed by atoms with Gasteiger partial charge in [-0.05, 0) is 31.9 Å². The molecule has 1 aromatic carbocycles. The lowest BCUT2D eigenvalue weighted by Gasteiger charge is -2.23. The first-order chi connectivity index (χ1) is 11.0. The molecule has 23 heavy (non-hydrogen) atoms. The molecule has 1 amide bonds. The molecule has 6 heteroatoms. The third kappa shape index (κ3) is 2.81. The Hall–Kier alpha value is -2.37. The van der Waals surface area contributed by atoms with Gasteiger partial charge in [-0.1, -0.05) is 31.9 Å². The molecule has 1 aliphatic carbocycles. The molecule has 0 unspecified atom stereocenters. The molecule has 122 valence electrons. The van der Waals surface area contributed by atoms with Crippen LogP contribution in [-0.2, 0) is 11.3 Å². The molecular formula is C17H22N4O2. The Morgan fingerprint density at radius 2 is 2.00 bits per heavy atom. The van der Waals surface area contributed by atoms with Crippen LogP contribution in [0.3, 0.4) is 0 Å². The monoisotopic (exact) mass is 314 g/mol. The first kappa shape index (κ1) is 15.5. The zero-order chi connectivity index (χ0) is 16.4. The number of anilines is 1. The van der Waals surface area contributed by atoms with E-state index in [1.165, 1.54) is 4.57 Å². The second kappa shape index (κ2) is 6.02. The maximum Gasteiger partial charge on any atom is 0.262 e. The number of rotatable bonds is 4. The van der Waals surface area contributed by atoms with Crippen LogP contribution in [0.25, 0.3) is 10.9 Å². The average Bonchev–Trinajstić information content (AvgIpc) is 3.01. The zero-order valence-electron chi connectivity index (χ0n) is 13.6. The summed E-state index contributed by atoms with van der Waals surface area (Å²) >= 11 is 0. The first-order valence-electron chi connectivity index (χ1n) is 8.11. The summed E-state index contributed by atoms with van der Waals surface area (Å²) in [6.07, 6.45) is 3.95. The van der Waals surface area contributed by atoms with Crippen LogP contribution < -0.4 is 16.4 Å². The standard InChI is InChI=1S/C17H22N4O2/c1-3-21-14(22)12-8-4-5-9-13(12)18-16(21)20-19-15(23)17(2)10-6-7-11-17/h4-5,8-9H,3,6-7,10-11H2,1-2H3,(H,18,20)(H,19,23). The van der Waals surface area contributed by atoms with Crippen molar-refractivity contribution < 1.29 is 4.79 Å². The minimum atomic E-state index is -0.332. The molecule has 1 aromatic heterocycles. The lowest BCUT2D eigenvalue weighted by molar-refractivity contribution is -0.129. The fraction of sp³-hybridized carbons (Fsp3) is 0.471. The van der Waals surface area contributed by atoms with E-state index in [0.717, 1.165) is 25.7 Å². The summed E-state index contributed by atoms with van der Waals surface area (Å²) in [6.45, 7) is 4.34. The number of amides is 1. The van der Waals surface area contributed by atoms with Crippen molar-refractivity contribution in [3.05, 3.63) is 34.6 Å². The van der Waals surface area contributed by atoms with Crippen molar-refractivity contribution in [3.8, 4) is 0 Å². The van der Waals surface area contributed by atoms with Crippen LogP contribution >= 0.6 is 0 Å². The number of hydrogen-bond acceptors (Lipinski definition) is 4. The van der Waals surface area contributed by atoms with Crippen molar-refractivity contribution in [1.82, 2.24) is 15.0 Å². The lowest BCUT2D eigenvalue weighted by atomic mass is 9.88. The van der Waals surface area contributed by atoms with Gasteiger partial charge in [-0.25, -0.2) is 4.98 Å². The van der Waals surface area contributed by atoms with Gasteiger partial charge >= 0.3 is 0 Å². The number of hydrogen-bond donors (Lipinski definition) is 2. The smallest absolute Gasteiger partial charge is 0.262 e. The molecule has 1 aliphatic rings. The minimum Gasteiger partial charge on any atom is -0.277 e. The van der Waals surface area contributed by atoms with Gasteiger partial charge in [0, 0.05) is 12.0 Å². The number of carbonyl (C=O) groups is 1. The zero-order valence-corrected chi connectivity index (χ0v) is 13.6. The Bertz CT molecular complexity index is 791. The molecule has 0 spiro atoms. The SMILES string of the molecule is CCn1c(NNC(=O)C2(C)CCCC2)nc2ccccc2c1=O. The predicted molar refractivity (Wildman–Crippen MR) is 90.0 cm³/mol. The Labute approximate surface area is 134 Å². The van der Waals surface area contributed by atoms with E-state index >= 15 is 0 Å². The normalized spacial score (nSPS) is 16.4. The molecule has 1 saturated carbocycles. The molecule has 0 saturated heterocycles. The summed E-state index contributed by atoms with van der Waals surface area (Å²) in [4.78, 5) is 29.4. The summed E-state index contributed by atoms with van der Waals surface area (Å²) < 4.78 is 1.53. The van der Waals surface area contributed by atoms with E-state index in [4.69, 9.17) is 0 Å². The summed E-state index contributed by atoms with van der Waals surface area (Å²) in [5.41, 5.74) is 5.76. The molecule has 0 radical (unpaired) electrons. The van der Waals surface area contributed by atoms with E-state index in [0.29, 0.717) is 23.4 Å².